The van der Waals surface area contributed by atoms with E-state index in [4.69, 9.17) is 0 Å². The van der Waals surface area contributed by atoms with E-state index >= 15 is 0 Å². The number of phenols is 1. The molecule has 1 aliphatic heterocycles. The molecule has 170 valence electrons. The molecule has 1 aliphatic rings. The van der Waals surface area contributed by atoms with Crippen molar-refractivity contribution < 1.29 is 27.9 Å². The highest BCUT2D eigenvalue weighted by molar-refractivity contribution is 8.18. The number of amides is 2. The van der Waals surface area contributed by atoms with Gasteiger partial charge in [0, 0.05) is 0 Å². The van der Waals surface area contributed by atoms with E-state index in [2.05, 4.69) is 6.07 Å². The number of thioether (sulfide) groups is 1. The van der Waals surface area contributed by atoms with Crippen LogP contribution < -0.4 is 0 Å². The number of rotatable bonds is 4. The summed E-state index contributed by atoms with van der Waals surface area (Å²) in [6, 6.07) is 19.2. The summed E-state index contributed by atoms with van der Waals surface area (Å²) >= 11 is 0.637. The summed E-state index contributed by atoms with van der Waals surface area (Å²) in [5.41, 5.74) is 1.58. The average Bonchev–Trinajstić information content (AvgIpc) is 3.07. The molecule has 1 N–H and O–H groups in total. The van der Waals surface area contributed by atoms with Gasteiger partial charge in [-0.05, 0) is 58.3 Å². The van der Waals surface area contributed by atoms with Crippen LogP contribution in [0.1, 0.15) is 22.3 Å². The second-order valence-electron chi connectivity index (χ2n) is 7.40. The summed E-state index contributed by atoms with van der Waals surface area (Å²) in [6.07, 6.45) is -3.56. The highest BCUT2D eigenvalue weighted by Crippen LogP contribution is 2.38. The normalized spacial score (nSPS) is 15.1. The van der Waals surface area contributed by atoms with Gasteiger partial charge in [0.15, 0.2) is 0 Å². The molecular formula is C25H15F3N2O3S. The van der Waals surface area contributed by atoms with Crippen LogP contribution in [0.25, 0.3) is 17.2 Å². The molecule has 0 aliphatic carbocycles. The van der Waals surface area contributed by atoms with E-state index in [1.165, 1.54) is 12.1 Å². The lowest BCUT2D eigenvalue weighted by Crippen LogP contribution is -2.27. The fourth-order valence-corrected chi connectivity index (χ4v) is 4.30. The molecule has 1 saturated heterocycles. The third-order valence-corrected chi connectivity index (χ3v) is 6.06. The SMILES string of the molecule is N#Cc1ccccc1-c1ccc(CN2C(=O)S/C(=C\c3ccc(O)c(C(F)(F)F)c3)C2=O)cc1. The van der Waals surface area contributed by atoms with Crippen LogP contribution in [-0.2, 0) is 17.5 Å². The number of hydrogen-bond acceptors (Lipinski definition) is 5. The Hall–Kier alpha value is -4.03. The zero-order chi connectivity index (χ0) is 24.5. The predicted molar refractivity (Wildman–Crippen MR) is 121 cm³/mol. The van der Waals surface area contributed by atoms with Crippen molar-refractivity contribution in [2.75, 3.05) is 0 Å². The largest absolute Gasteiger partial charge is 0.507 e. The Labute approximate surface area is 196 Å². The van der Waals surface area contributed by atoms with Crippen molar-refractivity contribution in [2.45, 2.75) is 12.7 Å². The van der Waals surface area contributed by atoms with Crippen molar-refractivity contribution in [1.29, 1.82) is 5.26 Å². The first-order valence-electron chi connectivity index (χ1n) is 9.91. The van der Waals surface area contributed by atoms with Crippen molar-refractivity contribution in [2.24, 2.45) is 0 Å². The van der Waals surface area contributed by atoms with Gasteiger partial charge in [-0.25, -0.2) is 0 Å². The molecule has 2 amide bonds. The van der Waals surface area contributed by atoms with Crippen LogP contribution in [0.4, 0.5) is 18.0 Å². The Kier molecular flexibility index (Phi) is 6.18. The molecule has 3 aromatic rings. The number of carbonyl (C=O) groups is 2. The molecule has 0 bridgehead atoms. The molecule has 0 aromatic heterocycles. The van der Waals surface area contributed by atoms with Gasteiger partial charge in [0.05, 0.1) is 28.6 Å². The quantitative estimate of drug-likeness (QED) is 0.451. The van der Waals surface area contributed by atoms with E-state index in [1.807, 2.05) is 12.1 Å². The van der Waals surface area contributed by atoms with Gasteiger partial charge in [-0.3, -0.25) is 14.5 Å². The Morgan fingerprint density at radius 3 is 2.41 bits per heavy atom. The van der Waals surface area contributed by atoms with E-state index in [9.17, 15) is 33.1 Å². The van der Waals surface area contributed by atoms with E-state index in [1.54, 1.807) is 36.4 Å². The number of nitrogens with zero attached hydrogens (tertiary/aromatic N) is 2. The number of hydrogen-bond donors (Lipinski definition) is 1. The topological polar surface area (TPSA) is 81.4 Å². The maximum absolute atomic E-state index is 13.0. The lowest BCUT2D eigenvalue weighted by molar-refractivity contribution is -0.138. The molecular weight excluding hydrogens is 465 g/mol. The number of imide groups is 1. The number of alkyl halides is 3. The highest BCUT2D eigenvalue weighted by Gasteiger charge is 2.36. The fraction of sp³-hybridized carbons (Fsp3) is 0.0800. The Balaban J connectivity index is 1.53. The molecule has 0 atom stereocenters. The van der Waals surface area contributed by atoms with E-state index < -0.39 is 28.6 Å². The molecule has 3 aromatic carbocycles. The molecule has 4 rings (SSSR count). The lowest BCUT2D eigenvalue weighted by Gasteiger charge is -2.13. The van der Waals surface area contributed by atoms with Crippen LogP contribution in [0.5, 0.6) is 5.75 Å². The first-order chi connectivity index (χ1) is 16.2. The van der Waals surface area contributed by atoms with Crippen molar-refractivity contribution in [3.8, 4) is 22.9 Å². The third kappa shape index (κ3) is 4.67. The first-order valence-corrected chi connectivity index (χ1v) is 10.7. The predicted octanol–water partition coefficient (Wildman–Crippen LogP) is 6.19. The van der Waals surface area contributed by atoms with Crippen molar-refractivity contribution >= 4 is 29.0 Å². The number of benzene rings is 3. The van der Waals surface area contributed by atoms with Gasteiger partial charge in [0.2, 0.25) is 0 Å². The van der Waals surface area contributed by atoms with Crippen LogP contribution in [0.2, 0.25) is 0 Å². The van der Waals surface area contributed by atoms with E-state index in [-0.39, 0.29) is 17.0 Å². The van der Waals surface area contributed by atoms with Crippen LogP contribution >= 0.6 is 11.8 Å². The second kappa shape index (κ2) is 9.08. The molecule has 0 unspecified atom stereocenters. The van der Waals surface area contributed by atoms with E-state index in [0.29, 0.717) is 22.9 Å². The maximum Gasteiger partial charge on any atom is 0.419 e. The minimum Gasteiger partial charge on any atom is -0.507 e. The van der Waals surface area contributed by atoms with Crippen LogP contribution in [0, 0.1) is 11.3 Å². The summed E-state index contributed by atoms with van der Waals surface area (Å²) in [4.78, 5) is 26.2. The van der Waals surface area contributed by atoms with Gasteiger partial charge in [-0.15, -0.1) is 0 Å². The smallest absolute Gasteiger partial charge is 0.419 e. The monoisotopic (exact) mass is 480 g/mol. The molecule has 5 nitrogen and oxygen atoms in total. The Morgan fingerprint density at radius 2 is 1.74 bits per heavy atom. The molecule has 0 saturated carbocycles. The number of nitriles is 1. The van der Waals surface area contributed by atoms with Crippen molar-refractivity contribution in [3.05, 3.63) is 93.9 Å². The minimum absolute atomic E-state index is 0.00837. The van der Waals surface area contributed by atoms with E-state index in [0.717, 1.165) is 28.2 Å². The summed E-state index contributed by atoms with van der Waals surface area (Å²) in [5, 5.41) is 18.2. The molecule has 0 radical (unpaired) electrons. The minimum atomic E-state index is -4.76. The molecule has 34 heavy (non-hydrogen) atoms. The zero-order valence-electron chi connectivity index (χ0n) is 17.3. The lowest BCUT2D eigenvalue weighted by atomic mass is 9.99. The summed E-state index contributed by atoms with van der Waals surface area (Å²) in [7, 11) is 0. The summed E-state index contributed by atoms with van der Waals surface area (Å²) in [6.45, 7) is -0.00837. The fourth-order valence-electron chi connectivity index (χ4n) is 3.46. The van der Waals surface area contributed by atoms with Crippen LogP contribution in [0.15, 0.2) is 71.6 Å². The highest BCUT2D eigenvalue weighted by atomic mass is 32.2. The second-order valence-corrected chi connectivity index (χ2v) is 8.39. The average molecular weight is 480 g/mol. The number of aromatic hydroxyl groups is 1. The Morgan fingerprint density at radius 1 is 1.03 bits per heavy atom. The van der Waals surface area contributed by atoms with Gasteiger partial charge in [0.25, 0.3) is 11.1 Å². The molecule has 1 fully saturated rings. The number of halogens is 3. The molecule has 9 heteroatoms. The molecule has 1 heterocycles. The van der Waals surface area contributed by atoms with Gasteiger partial charge < -0.3 is 5.11 Å². The summed E-state index contributed by atoms with van der Waals surface area (Å²) < 4.78 is 39.1. The Bertz CT molecular complexity index is 1360. The van der Waals surface area contributed by atoms with Gasteiger partial charge in [0.1, 0.15) is 5.75 Å². The van der Waals surface area contributed by atoms with Crippen molar-refractivity contribution in [3.63, 3.8) is 0 Å². The van der Waals surface area contributed by atoms with Gasteiger partial charge >= 0.3 is 6.18 Å². The summed E-state index contributed by atoms with van der Waals surface area (Å²) in [5.74, 6) is -1.53. The van der Waals surface area contributed by atoms with Crippen LogP contribution in [0.3, 0.4) is 0 Å². The van der Waals surface area contributed by atoms with Crippen molar-refractivity contribution in [1.82, 2.24) is 4.90 Å². The van der Waals surface area contributed by atoms with Crippen LogP contribution in [-0.4, -0.2) is 21.2 Å². The standard InChI is InChI=1S/C25H15F3N2O3S/c26-25(27,28)20-11-16(7-10-21(20)31)12-22-23(32)30(24(33)34-22)14-15-5-8-17(9-6-15)19-4-2-1-3-18(19)13-29/h1-12,31H,14H2/b22-12-. The molecule has 0 spiro atoms. The zero-order valence-corrected chi connectivity index (χ0v) is 18.2. The third-order valence-electron chi connectivity index (χ3n) is 5.15. The van der Waals surface area contributed by atoms with Gasteiger partial charge in [-0.1, -0.05) is 48.5 Å². The number of phenolic OH excluding ortho intramolecular Hbond substituents is 1. The maximum atomic E-state index is 13.0. The first kappa shape index (κ1) is 23.1. The number of carbonyl (C=O) groups excluding carboxylic acids is 2. The van der Waals surface area contributed by atoms with Gasteiger partial charge in [-0.2, -0.15) is 18.4 Å².